The SMILES string of the molecule is c1ccc2c(c1)Sc1cnccc1N2CCCN1CCCC1. The van der Waals surface area contributed by atoms with Crippen LogP contribution in [0.25, 0.3) is 0 Å². The second-order valence-corrected chi connectivity index (χ2v) is 7.05. The largest absolute Gasteiger partial charge is 0.340 e. The van der Waals surface area contributed by atoms with Gasteiger partial charge in [0.25, 0.3) is 0 Å². The fraction of sp³-hybridized carbons (Fsp3) is 0.389. The van der Waals surface area contributed by atoms with Crippen molar-refractivity contribution in [3.8, 4) is 0 Å². The maximum Gasteiger partial charge on any atom is 0.0584 e. The first-order chi connectivity index (χ1) is 10.9. The number of anilines is 2. The Hall–Kier alpha value is -1.52. The lowest BCUT2D eigenvalue weighted by atomic mass is 10.2. The highest BCUT2D eigenvalue weighted by atomic mass is 32.2. The van der Waals surface area contributed by atoms with E-state index in [1.165, 1.54) is 60.1 Å². The number of aromatic nitrogens is 1. The fourth-order valence-corrected chi connectivity index (χ4v) is 4.45. The molecule has 0 unspecified atom stereocenters. The number of nitrogens with zero attached hydrogens (tertiary/aromatic N) is 3. The molecule has 0 spiro atoms. The molecule has 0 bridgehead atoms. The summed E-state index contributed by atoms with van der Waals surface area (Å²) in [5.41, 5.74) is 2.65. The summed E-state index contributed by atoms with van der Waals surface area (Å²) in [5, 5.41) is 0. The zero-order chi connectivity index (χ0) is 14.8. The number of hydrogen-bond donors (Lipinski definition) is 0. The second kappa shape index (κ2) is 6.31. The van der Waals surface area contributed by atoms with E-state index in [0.29, 0.717) is 0 Å². The van der Waals surface area contributed by atoms with Gasteiger partial charge in [-0.25, -0.2) is 0 Å². The Bertz CT molecular complexity index is 607. The second-order valence-electron chi connectivity index (χ2n) is 5.97. The van der Waals surface area contributed by atoms with Crippen molar-refractivity contribution in [3.05, 3.63) is 42.7 Å². The van der Waals surface area contributed by atoms with Crippen molar-refractivity contribution in [2.75, 3.05) is 31.1 Å². The highest BCUT2D eigenvalue weighted by molar-refractivity contribution is 7.99. The van der Waals surface area contributed by atoms with Crippen LogP contribution in [0, 0.1) is 0 Å². The molecule has 0 amide bonds. The maximum atomic E-state index is 4.29. The van der Waals surface area contributed by atoms with Gasteiger partial charge in [0.05, 0.1) is 16.3 Å². The Labute approximate surface area is 136 Å². The molecule has 1 fully saturated rings. The van der Waals surface area contributed by atoms with Crippen molar-refractivity contribution >= 4 is 23.1 Å². The predicted molar refractivity (Wildman–Crippen MR) is 92.1 cm³/mol. The van der Waals surface area contributed by atoms with Gasteiger partial charge >= 0.3 is 0 Å². The van der Waals surface area contributed by atoms with E-state index in [1.807, 2.05) is 24.2 Å². The van der Waals surface area contributed by atoms with Crippen LogP contribution in [0.3, 0.4) is 0 Å². The number of likely N-dealkylation sites (tertiary alicyclic amines) is 1. The van der Waals surface area contributed by atoms with Crippen molar-refractivity contribution in [3.63, 3.8) is 0 Å². The molecule has 3 heterocycles. The highest BCUT2D eigenvalue weighted by Gasteiger charge is 2.23. The van der Waals surface area contributed by atoms with Gasteiger partial charge in [-0.1, -0.05) is 23.9 Å². The van der Waals surface area contributed by atoms with Gasteiger partial charge in [0.15, 0.2) is 0 Å². The smallest absolute Gasteiger partial charge is 0.0584 e. The third-order valence-electron chi connectivity index (χ3n) is 4.48. The first-order valence-corrected chi connectivity index (χ1v) is 8.94. The molecule has 2 aliphatic rings. The highest BCUT2D eigenvalue weighted by Crippen LogP contribution is 2.47. The molecule has 22 heavy (non-hydrogen) atoms. The van der Waals surface area contributed by atoms with Gasteiger partial charge < -0.3 is 9.80 Å². The first kappa shape index (κ1) is 14.1. The Morgan fingerprint density at radius 3 is 2.68 bits per heavy atom. The summed E-state index contributed by atoms with van der Waals surface area (Å²) in [7, 11) is 0. The molecule has 2 aromatic rings. The summed E-state index contributed by atoms with van der Waals surface area (Å²) < 4.78 is 0. The van der Waals surface area contributed by atoms with Crippen LogP contribution < -0.4 is 4.90 Å². The standard InChI is InChI=1S/C18H21N3S/c1-2-7-17-15(6-1)21(13-5-12-20-10-3-4-11-20)16-8-9-19-14-18(16)22-17/h1-2,6-9,14H,3-5,10-13H2. The van der Waals surface area contributed by atoms with Crippen LogP contribution in [0.2, 0.25) is 0 Å². The molecule has 4 heteroatoms. The molecule has 1 aromatic heterocycles. The zero-order valence-electron chi connectivity index (χ0n) is 12.7. The predicted octanol–water partition coefficient (Wildman–Crippen LogP) is 4.17. The summed E-state index contributed by atoms with van der Waals surface area (Å²) in [6, 6.07) is 10.9. The topological polar surface area (TPSA) is 19.4 Å². The number of hydrogen-bond acceptors (Lipinski definition) is 4. The van der Waals surface area contributed by atoms with Crippen molar-refractivity contribution in [2.45, 2.75) is 29.1 Å². The maximum absolute atomic E-state index is 4.29. The van der Waals surface area contributed by atoms with Crippen LogP contribution in [0.5, 0.6) is 0 Å². The van der Waals surface area contributed by atoms with Crippen LogP contribution >= 0.6 is 11.8 Å². The molecular weight excluding hydrogens is 290 g/mol. The number of para-hydroxylation sites is 1. The van der Waals surface area contributed by atoms with E-state index in [1.54, 1.807) is 0 Å². The van der Waals surface area contributed by atoms with E-state index in [2.05, 4.69) is 45.1 Å². The van der Waals surface area contributed by atoms with Crippen molar-refractivity contribution in [2.24, 2.45) is 0 Å². The van der Waals surface area contributed by atoms with E-state index in [9.17, 15) is 0 Å². The van der Waals surface area contributed by atoms with Crippen molar-refractivity contribution in [1.29, 1.82) is 0 Å². The number of fused-ring (bicyclic) bond motifs is 2. The Kier molecular flexibility index (Phi) is 4.04. The van der Waals surface area contributed by atoms with E-state index >= 15 is 0 Å². The van der Waals surface area contributed by atoms with Crippen LogP contribution in [0.1, 0.15) is 19.3 Å². The number of rotatable bonds is 4. The molecule has 0 aliphatic carbocycles. The summed E-state index contributed by atoms with van der Waals surface area (Å²) >= 11 is 1.83. The molecular formula is C18H21N3S. The molecule has 3 nitrogen and oxygen atoms in total. The minimum Gasteiger partial charge on any atom is -0.340 e. The van der Waals surface area contributed by atoms with Crippen LogP contribution in [0.15, 0.2) is 52.5 Å². The molecule has 1 saturated heterocycles. The monoisotopic (exact) mass is 311 g/mol. The van der Waals surface area contributed by atoms with Crippen LogP contribution in [-0.2, 0) is 0 Å². The molecule has 2 aliphatic heterocycles. The van der Waals surface area contributed by atoms with Crippen molar-refractivity contribution < 1.29 is 0 Å². The third-order valence-corrected chi connectivity index (χ3v) is 5.58. The molecule has 1 aromatic carbocycles. The lowest BCUT2D eigenvalue weighted by molar-refractivity contribution is 0.335. The van der Waals surface area contributed by atoms with Gasteiger partial charge in [-0.2, -0.15) is 0 Å². The Morgan fingerprint density at radius 2 is 1.77 bits per heavy atom. The Morgan fingerprint density at radius 1 is 0.955 bits per heavy atom. The summed E-state index contributed by atoms with van der Waals surface area (Å²) in [5.74, 6) is 0. The van der Waals surface area contributed by atoms with E-state index < -0.39 is 0 Å². The molecule has 4 rings (SSSR count). The van der Waals surface area contributed by atoms with E-state index in [4.69, 9.17) is 0 Å². The summed E-state index contributed by atoms with van der Waals surface area (Å²) in [4.78, 5) is 12.0. The van der Waals surface area contributed by atoms with Gasteiger partial charge in [-0.05, 0) is 57.1 Å². The molecule has 114 valence electrons. The van der Waals surface area contributed by atoms with Gasteiger partial charge in [0.2, 0.25) is 0 Å². The molecule has 0 saturated carbocycles. The van der Waals surface area contributed by atoms with Crippen LogP contribution in [-0.4, -0.2) is 36.1 Å². The van der Waals surface area contributed by atoms with E-state index in [-0.39, 0.29) is 0 Å². The summed E-state index contributed by atoms with van der Waals surface area (Å²) in [6.45, 7) is 4.86. The van der Waals surface area contributed by atoms with Gasteiger partial charge in [-0.15, -0.1) is 0 Å². The molecule has 0 N–H and O–H groups in total. The van der Waals surface area contributed by atoms with Gasteiger partial charge in [-0.3, -0.25) is 4.98 Å². The average Bonchev–Trinajstić information content (AvgIpc) is 3.07. The lowest BCUT2D eigenvalue weighted by Gasteiger charge is -2.32. The zero-order valence-corrected chi connectivity index (χ0v) is 13.6. The lowest BCUT2D eigenvalue weighted by Crippen LogP contribution is -2.27. The minimum absolute atomic E-state index is 1.07. The van der Waals surface area contributed by atoms with Gasteiger partial charge in [0, 0.05) is 23.8 Å². The van der Waals surface area contributed by atoms with E-state index in [0.717, 1.165) is 6.54 Å². The molecule has 0 radical (unpaired) electrons. The fourth-order valence-electron chi connectivity index (χ4n) is 3.39. The molecule has 0 atom stereocenters. The average molecular weight is 311 g/mol. The summed E-state index contributed by atoms with van der Waals surface area (Å²) in [6.07, 6.45) is 7.85. The number of pyridine rings is 1. The first-order valence-electron chi connectivity index (χ1n) is 8.12. The van der Waals surface area contributed by atoms with Gasteiger partial charge in [0.1, 0.15) is 0 Å². The van der Waals surface area contributed by atoms with Crippen molar-refractivity contribution in [1.82, 2.24) is 9.88 Å². The minimum atomic E-state index is 1.07. The Balaban J connectivity index is 1.54. The van der Waals surface area contributed by atoms with Crippen LogP contribution in [0.4, 0.5) is 11.4 Å². The normalized spacial score (nSPS) is 17.4. The third kappa shape index (κ3) is 2.73. The number of benzene rings is 1. The quantitative estimate of drug-likeness (QED) is 0.843.